The average Bonchev–Trinajstić information content (AvgIpc) is 3.00. The average molecular weight is 289 g/mol. The van der Waals surface area contributed by atoms with Crippen molar-refractivity contribution in [3.8, 4) is 5.75 Å². The van der Waals surface area contributed by atoms with Crippen LogP contribution >= 0.6 is 0 Å². The molecule has 0 N–H and O–H groups in total. The number of carbonyl (C=O) groups excluding carboxylic acids is 1. The second-order valence-corrected chi connectivity index (χ2v) is 6.12. The van der Waals surface area contributed by atoms with Crippen molar-refractivity contribution in [2.45, 2.75) is 45.4 Å². The maximum absolute atomic E-state index is 12.1. The molecule has 0 radical (unpaired) electrons. The molecule has 0 bridgehead atoms. The van der Waals surface area contributed by atoms with E-state index in [4.69, 9.17) is 4.74 Å². The first-order chi connectivity index (χ1) is 10.2. The largest absolute Gasteiger partial charge is 0.491 e. The Morgan fingerprint density at radius 1 is 1.29 bits per heavy atom. The summed E-state index contributed by atoms with van der Waals surface area (Å²) in [5.41, 5.74) is 1.13. The van der Waals surface area contributed by atoms with Crippen LogP contribution in [0, 0.1) is 12.8 Å². The van der Waals surface area contributed by atoms with Crippen LogP contribution < -0.4 is 4.74 Å². The van der Waals surface area contributed by atoms with Crippen LogP contribution in [-0.2, 0) is 4.79 Å². The fraction of sp³-hybridized carbons (Fsp3) is 0.611. The zero-order valence-electron chi connectivity index (χ0n) is 13.3. The third-order valence-corrected chi connectivity index (χ3v) is 4.44. The van der Waals surface area contributed by atoms with E-state index in [0.29, 0.717) is 19.6 Å². The number of carbonyl (C=O) groups is 1. The van der Waals surface area contributed by atoms with Crippen molar-refractivity contribution in [2.24, 2.45) is 5.92 Å². The number of para-hydroxylation sites is 1. The molecule has 0 aliphatic heterocycles. The van der Waals surface area contributed by atoms with Crippen LogP contribution in [0.5, 0.6) is 5.75 Å². The number of rotatable bonds is 7. The number of benzene rings is 1. The summed E-state index contributed by atoms with van der Waals surface area (Å²) in [7, 11) is 1.87. The van der Waals surface area contributed by atoms with E-state index in [9.17, 15) is 4.79 Å². The third kappa shape index (κ3) is 5.07. The van der Waals surface area contributed by atoms with E-state index >= 15 is 0 Å². The monoisotopic (exact) mass is 289 g/mol. The van der Waals surface area contributed by atoms with Gasteiger partial charge in [-0.1, -0.05) is 43.9 Å². The molecule has 116 valence electrons. The Kier molecular flexibility index (Phi) is 6.09. The number of nitrogens with zero attached hydrogens (tertiary/aromatic N) is 1. The fourth-order valence-electron chi connectivity index (χ4n) is 2.95. The maximum Gasteiger partial charge on any atom is 0.222 e. The molecule has 1 aromatic carbocycles. The van der Waals surface area contributed by atoms with Gasteiger partial charge in [-0.15, -0.1) is 0 Å². The molecule has 0 saturated heterocycles. The summed E-state index contributed by atoms with van der Waals surface area (Å²) in [6, 6.07) is 7.97. The van der Waals surface area contributed by atoms with Gasteiger partial charge in [0, 0.05) is 13.5 Å². The molecular formula is C18H27NO2. The molecule has 0 aromatic heterocycles. The van der Waals surface area contributed by atoms with Crippen molar-refractivity contribution in [1.82, 2.24) is 4.90 Å². The lowest BCUT2D eigenvalue weighted by atomic mass is 10.0. The first-order valence-corrected chi connectivity index (χ1v) is 8.09. The highest BCUT2D eigenvalue weighted by Crippen LogP contribution is 2.28. The van der Waals surface area contributed by atoms with E-state index in [-0.39, 0.29) is 5.91 Å². The number of hydrogen-bond acceptors (Lipinski definition) is 2. The van der Waals surface area contributed by atoms with Gasteiger partial charge in [0.1, 0.15) is 12.4 Å². The van der Waals surface area contributed by atoms with Gasteiger partial charge in [0.2, 0.25) is 5.91 Å². The Balaban J connectivity index is 1.65. The second kappa shape index (κ2) is 8.06. The van der Waals surface area contributed by atoms with Crippen LogP contribution in [0.4, 0.5) is 0 Å². The van der Waals surface area contributed by atoms with Gasteiger partial charge in [0.05, 0.1) is 6.54 Å². The fourth-order valence-corrected chi connectivity index (χ4v) is 2.95. The second-order valence-electron chi connectivity index (χ2n) is 6.12. The summed E-state index contributed by atoms with van der Waals surface area (Å²) in [4.78, 5) is 13.9. The maximum atomic E-state index is 12.1. The predicted molar refractivity (Wildman–Crippen MR) is 85.5 cm³/mol. The summed E-state index contributed by atoms with van der Waals surface area (Å²) < 4.78 is 5.74. The first kappa shape index (κ1) is 15.9. The highest BCUT2D eigenvalue weighted by Gasteiger charge is 2.17. The summed E-state index contributed by atoms with van der Waals surface area (Å²) in [6.45, 7) is 3.24. The number of aryl methyl sites for hydroxylation is 1. The van der Waals surface area contributed by atoms with Crippen molar-refractivity contribution in [3.05, 3.63) is 29.8 Å². The molecular weight excluding hydrogens is 262 g/mol. The van der Waals surface area contributed by atoms with Crippen molar-refractivity contribution in [1.29, 1.82) is 0 Å². The number of amides is 1. The summed E-state index contributed by atoms with van der Waals surface area (Å²) in [6.07, 6.45) is 7.06. The minimum absolute atomic E-state index is 0.246. The van der Waals surface area contributed by atoms with Crippen LogP contribution in [0.3, 0.4) is 0 Å². The Bertz CT molecular complexity index is 452. The topological polar surface area (TPSA) is 29.5 Å². The highest BCUT2D eigenvalue weighted by atomic mass is 16.5. The molecule has 1 aromatic rings. The van der Waals surface area contributed by atoms with E-state index in [0.717, 1.165) is 23.7 Å². The van der Waals surface area contributed by atoms with Crippen molar-refractivity contribution >= 4 is 5.91 Å². The first-order valence-electron chi connectivity index (χ1n) is 8.09. The predicted octanol–water partition coefficient (Wildman–Crippen LogP) is 3.80. The summed E-state index contributed by atoms with van der Waals surface area (Å²) >= 11 is 0. The molecule has 1 amide bonds. The van der Waals surface area contributed by atoms with Crippen LogP contribution in [0.25, 0.3) is 0 Å². The minimum Gasteiger partial charge on any atom is -0.491 e. The lowest BCUT2D eigenvalue weighted by Gasteiger charge is -2.19. The smallest absolute Gasteiger partial charge is 0.222 e. The van der Waals surface area contributed by atoms with Gasteiger partial charge >= 0.3 is 0 Å². The Morgan fingerprint density at radius 3 is 2.71 bits per heavy atom. The van der Waals surface area contributed by atoms with Crippen LogP contribution in [-0.4, -0.2) is 31.0 Å². The molecule has 0 atom stereocenters. The SMILES string of the molecule is Cc1ccccc1OCCN(C)C(=O)CCC1CCCC1. The van der Waals surface area contributed by atoms with E-state index in [1.165, 1.54) is 25.7 Å². The van der Waals surface area contributed by atoms with E-state index in [1.54, 1.807) is 4.90 Å². The molecule has 1 aliphatic carbocycles. The van der Waals surface area contributed by atoms with Gasteiger partial charge in [-0.2, -0.15) is 0 Å². The molecule has 1 fully saturated rings. The molecule has 0 unspecified atom stereocenters. The zero-order valence-corrected chi connectivity index (χ0v) is 13.3. The molecule has 0 spiro atoms. The summed E-state index contributed by atoms with van der Waals surface area (Å²) in [5.74, 6) is 1.94. The van der Waals surface area contributed by atoms with Gasteiger partial charge in [-0.05, 0) is 30.9 Å². The van der Waals surface area contributed by atoms with Crippen LogP contribution in [0.15, 0.2) is 24.3 Å². The number of likely N-dealkylation sites (N-methyl/N-ethyl adjacent to an activating group) is 1. The van der Waals surface area contributed by atoms with Gasteiger partial charge in [-0.3, -0.25) is 4.79 Å². The van der Waals surface area contributed by atoms with Crippen molar-refractivity contribution < 1.29 is 9.53 Å². The molecule has 3 heteroatoms. The Labute approximate surface area is 128 Å². The molecule has 3 nitrogen and oxygen atoms in total. The van der Waals surface area contributed by atoms with Crippen molar-refractivity contribution in [2.75, 3.05) is 20.2 Å². The molecule has 1 saturated carbocycles. The number of hydrogen-bond donors (Lipinski definition) is 0. The van der Waals surface area contributed by atoms with Crippen LogP contribution in [0.1, 0.15) is 44.1 Å². The minimum atomic E-state index is 0.246. The van der Waals surface area contributed by atoms with E-state index in [1.807, 2.05) is 38.2 Å². The highest BCUT2D eigenvalue weighted by molar-refractivity contribution is 5.75. The van der Waals surface area contributed by atoms with Gasteiger partial charge in [-0.25, -0.2) is 0 Å². The Morgan fingerprint density at radius 2 is 2.00 bits per heavy atom. The van der Waals surface area contributed by atoms with Crippen molar-refractivity contribution in [3.63, 3.8) is 0 Å². The number of ether oxygens (including phenoxy) is 1. The third-order valence-electron chi connectivity index (χ3n) is 4.44. The zero-order chi connectivity index (χ0) is 15.1. The molecule has 21 heavy (non-hydrogen) atoms. The van der Waals surface area contributed by atoms with Gasteiger partial charge in [0.25, 0.3) is 0 Å². The van der Waals surface area contributed by atoms with Crippen LogP contribution in [0.2, 0.25) is 0 Å². The van der Waals surface area contributed by atoms with E-state index < -0.39 is 0 Å². The van der Waals surface area contributed by atoms with Gasteiger partial charge < -0.3 is 9.64 Å². The molecule has 2 rings (SSSR count). The molecule has 1 aliphatic rings. The quantitative estimate of drug-likeness (QED) is 0.764. The summed E-state index contributed by atoms with van der Waals surface area (Å²) in [5, 5.41) is 0. The Hall–Kier alpha value is -1.51. The van der Waals surface area contributed by atoms with Gasteiger partial charge in [0.15, 0.2) is 0 Å². The lowest BCUT2D eigenvalue weighted by molar-refractivity contribution is -0.130. The standard InChI is InChI=1S/C18H27NO2/c1-15-7-3-6-10-17(15)21-14-13-19(2)18(20)12-11-16-8-4-5-9-16/h3,6-7,10,16H,4-5,8-9,11-14H2,1-2H3. The lowest BCUT2D eigenvalue weighted by Crippen LogP contribution is -2.31. The normalized spacial score (nSPS) is 15.1. The molecule has 0 heterocycles. The van der Waals surface area contributed by atoms with E-state index in [2.05, 4.69) is 0 Å².